The number of carbonyl (C=O) groups excluding carboxylic acids is 1. The fraction of sp³-hybridized carbons (Fsp3) is 0.611. The van der Waals surface area contributed by atoms with Crippen molar-refractivity contribution in [2.75, 3.05) is 18.5 Å². The first-order valence-corrected chi connectivity index (χ1v) is 9.26. The van der Waals surface area contributed by atoms with Crippen molar-refractivity contribution in [3.05, 3.63) is 28.8 Å². The van der Waals surface area contributed by atoms with E-state index in [1.807, 2.05) is 0 Å². The number of benzene rings is 1. The van der Waals surface area contributed by atoms with Gasteiger partial charge in [-0.05, 0) is 49.8 Å². The van der Waals surface area contributed by atoms with Crippen molar-refractivity contribution in [1.82, 2.24) is 4.90 Å². The standard InChI is InChI=1S/C18H20ClF3N2O2/c19-12-4-7-15-14(8-12)17(18(20,21)22,26-9-11-2-1-3-11)10-24(13-5-6-13)16(25)23-15/h4,7-8,11,13H,1-3,5-6,9-10H2,(H,23,25)/t17-/m0/s1. The van der Waals surface area contributed by atoms with Gasteiger partial charge in [0.15, 0.2) is 0 Å². The molecule has 1 aromatic carbocycles. The van der Waals surface area contributed by atoms with E-state index >= 15 is 0 Å². The number of carbonyl (C=O) groups is 1. The Morgan fingerprint density at radius 3 is 2.58 bits per heavy atom. The summed E-state index contributed by atoms with van der Waals surface area (Å²) in [6, 6.07) is 3.46. The number of ether oxygens (including phenoxy) is 1. The average molecular weight is 389 g/mol. The number of nitrogens with zero attached hydrogens (tertiary/aromatic N) is 1. The number of halogens is 4. The Kier molecular flexibility index (Phi) is 4.34. The second-order valence-electron chi connectivity index (χ2n) is 7.41. The summed E-state index contributed by atoms with van der Waals surface area (Å²) in [7, 11) is 0. The van der Waals surface area contributed by atoms with Gasteiger partial charge in [-0.3, -0.25) is 0 Å². The van der Waals surface area contributed by atoms with Crippen LogP contribution in [0.15, 0.2) is 18.2 Å². The maximum atomic E-state index is 14.4. The number of fused-ring (bicyclic) bond motifs is 1. The van der Waals surface area contributed by atoms with Crippen LogP contribution in [-0.2, 0) is 10.3 Å². The number of urea groups is 1. The highest BCUT2D eigenvalue weighted by atomic mass is 35.5. The number of hydrogen-bond acceptors (Lipinski definition) is 2. The van der Waals surface area contributed by atoms with E-state index in [1.165, 1.54) is 23.1 Å². The van der Waals surface area contributed by atoms with Crippen LogP contribution in [0.25, 0.3) is 0 Å². The first-order valence-electron chi connectivity index (χ1n) is 8.88. The molecule has 8 heteroatoms. The normalized spacial score (nSPS) is 26.8. The van der Waals surface area contributed by atoms with Crippen molar-refractivity contribution in [1.29, 1.82) is 0 Å². The van der Waals surface area contributed by atoms with Gasteiger partial charge in [0.25, 0.3) is 0 Å². The molecule has 2 aliphatic carbocycles. The van der Waals surface area contributed by atoms with Crippen LogP contribution in [0.1, 0.15) is 37.7 Å². The number of nitrogens with one attached hydrogen (secondary N) is 1. The van der Waals surface area contributed by atoms with Crippen molar-refractivity contribution in [3.8, 4) is 0 Å². The molecule has 0 aromatic heterocycles. The first-order chi connectivity index (χ1) is 12.3. The predicted octanol–water partition coefficient (Wildman–Crippen LogP) is 4.92. The van der Waals surface area contributed by atoms with Crippen LogP contribution in [0, 0.1) is 5.92 Å². The smallest absolute Gasteiger partial charge is 0.359 e. The summed E-state index contributed by atoms with van der Waals surface area (Å²) in [5.41, 5.74) is -2.59. The zero-order valence-corrected chi connectivity index (χ0v) is 14.9. The second-order valence-corrected chi connectivity index (χ2v) is 7.85. The fourth-order valence-electron chi connectivity index (χ4n) is 3.59. The van der Waals surface area contributed by atoms with Crippen LogP contribution in [0.4, 0.5) is 23.7 Å². The molecule has 0 spiro atoms. The molecule has 1 N–H and O–H groups in total. The van der Waals surface area contributed by atoms with Gasteiger partial charge in [0.1, 0.15) is 0 Å². The van der Waals surface area contributed by atoms with Crippen LogP contribution >= 0.6 is 11.6 Å². The van der Waals surface area contributed by atoms with E-state index in [4.69, 9.17) is 16.3 Å². The molecule has 2 saturated carbocycles. The zero-order chi connectivity index (χ0) is 18.5. The van der Waals surface area contributed by atoms with Crippen LogP contribution < -0.4 is 5.32 Å². The third kappa shape index (κ3) is 3.05. The zero-order valence-electron chi connectivity index (χ0n) is 14.1. The molecule has 1 atom stereocenters. The molecule has 0 radical (unpaired) electrons. The van der Waals surface area contributed by atoms with Gasteiger partial charge in [-0.15, -0.1) is 0 Å². The Bertz CT molecular complexity index is 719. The number of alkyl halides is 3. The Morgan fingerprint density at radius 2 is 2.00 bits per heavy atom. The van der Waals surface area contributed by atoms with Crippen molar-refractivity contribution < 1.29 is 22.7 Å². The lowest BCUT2D eigenvalue weighted by atomic mass is 9.85. The SMILES string of the molecule is O=C1Nc2ccc(Cl)cc2[C@](OCC2CCC2)(C(F)(F)F)CN1C1CC1. The summed E-state index contributed by atoms with van der Waals surface area (Å²) in [4.78, 5) is 13.8. The molecule has 26 heavy (non-hydrogen) atoms. The largest absolute Gasteiger partial charge is 0.423 e. The molecular formula is C18H20ClF3N2O2. The molecule has 0 bridgehead atoms. The number of amides is 2. The third-order valence-electron chi connectivity index (χ3n) is 5.55. The monoisotopic (exact) mass is 388 g/mol. The molecule has 2 amide bonds. The molecule has 3 aliphatic rings. The summed E-state index contributed by atoms with van der Waals surface area (Å²) in [5, 5.41) is 2.79. The van der Waals surface area contributed by atoms with E-state index in [0.717, 1.165) is 19.3 Å². The molecule has 1 heterocycles. The average Bonchev–Trinajstić information content (AvgIpc) is 3.33. The van der Waals surface area contributed by atoms with Crippen LogP contribution in [0.3, 0.4) is 0 Å². The number of rotatable bonds is 4. The van der Waals surface area contributed by atoms with Crippen molar-refractivity contribution >= 4 is 23.3 Å². The number of hydrogen-bond donors (Lipinski definition) is 1. The Balaban J connectivity index is 1.80. The van der Waals surface area contributed by atoms with Gasteiger partial charge < -0.3 is 15.0 Å². The first kappa shape index (κ1) is 17.9. The lowest BCUT2D eigenvalue weighted by molar-refractivity contribution is -0.291. The van der Waals surface area contributed by atoms with Gasteiger partial charge in [-0.25, -0.2) is 4.79 Å². The van der Waals surface area contributed by atoms with E-state index in [9.17, 15) is 18.0 Å². The summed E-state index contributed by atoms with van der Waals surface area (Å²) in [6.45, 7) is -0.523. The minimum absolute atomic E-state index is 0.0260. The van der Waals surface area contributed by atoms with E-state index in [2.05, 4.69) is 5.32 Å². The maximum absolute atomic E-state index is 14.4. The Labute approximate surface area is 154 Å². The highest BCUT2D eigenvalue weighted by Gasteiger charge is 2.62. The lowest BCUT2D eigenvalue weighted by Crippen LogP contribution is -2.54. The molecule has 1 aromatic rings. The Hall–Kier alpha value is -1.47. The minimum atomic E-state index is -4.68. The van der Waals surface area contributed by atoms with Gasteiger partial charge in [-0.2, -0.15) is 13.2 Å². The van der Waals surface area contributed by atoms with Crippen LogP contribution in [-0.4, -0.2) is 36.3 Å². The number of anilines is 1. The van der Waals surface area contributed by atoms with Gasteiger partial charge in [0.2, 0.25) is 5.60 Å². The highest BCUT2D eigenvalue weighted by molar-refractivity contribution is 6.30. The molecular weight excluding hydrogens is 369 g/mol. The highest BCUT2D eigenvalue weighted by Crippen LogP contribution is 2.49. The fourth-order valence-corrected chi connectivity index (χ4v) is 3.76. The Morgan fingerprint density at radius 1 is 1.27 bits per heavy atom. The molecule has 142 valence electrons. The lowest BCUT2D eigenvalue weighted by Gasteiger charge is -2.40. The van der Waals surface area contributed by atoms with Crippen molar-refractivity contribution in [2.24, 2.45) is 5.92 Å². The summed E-state index contributed by atoms with van der Waals surface area (Å²) in [6.07, 6.45) is -0.499. The maximum Gasteiger partial charge on any atom is 0.423 e. The van der Waals surface area contributed by atoms with Gasteiger partial charge in [0, 0.05) is 22.3 Å². The van der Waals surface area contributed by atoms with Gasteiger partial charge in [0.05, 0.1) is 13.2 Å². The van der Waals surface area contributed by atoms with Crippen molar-refractivity contribution in [3.63, 3.8) is 0 Å². The second kappa shape index (κ2) is 6.30. The molecule has 4 nitrogen and oxygen atoms in total. The van der Waals surface area contributed by atoms with E-state index in [-0.39, 0.29) is 34.8 Å². The summed E-state index contributed by atoms with van der Waals surface area (Å²) < 4.78 is 48.9. The van der Waals surface area contributed by atoms with Crippen LogP contribution in [0.2, 0.25) is 5.02 Å². The van der Waals surface area contributed by atoms with E-state index in [1.54, 1.807) is 0 Å². The van der Waals surface area contributed by atoms with E-state index in [0.29, 0.717) is 12.8 Å². The predicted molar refractivity (Wildman–Crippen MR) is 91.2 cm³/mol. The van der Waals surface area contributed by atoms with Gasteiger partial charge >= 0.3 is 12.2 Å². The molecule has 1 aliphatic heterocycles. The van der Waals surface area contributed by atoms with Crippen LogP contribution in [0.5, 0.6) is 0 Å². The third-order valence-corrected chi connectivity index (χ3v) is 5.78. The van der Waals surface area contributed by atoms with E-state index < -0.39 is 24.4 Å². The molecule has 0 unspecified atom stereocenters. The minimum Gasteiger partial charge on any atom is -0.359 e. The molecule has 0 saturated heterocycles. The molecule has 4 rings (SSSR count). The topological polar surface area (TPSA) is 41.6 Å². The van der Waals surface area contributed by atoms with Crippen molar-refractivity contribution in [2.45, 2.75) is 49.9 Å². The quantitative estimate of drug-likeness (QED) is 0.795. The van der Waals surface area contributed by atoms with Gasteiger partial charge in [-0.1, -0.05) is 18.0 Å². The molecule has 2 fully saturated rings. The summed E-state index contributed by atoms with van der Waals surface area (Å²) >= 11 is 6.01. The summed E-state index contributed by atoms with van der Waals surface area (Å²) in [5.74, 6) is 0.137.